The third-order valence-electron chi connectivity index (χ3n) is 0.546. The predicted octanol–water partition coefficient (Wildman–Crippen LogP) is 0.804. The van der Waals surface area contributed by atoms with Crippen molar-refractivity contribution in [2.75, 3.05) is 6.61 Å². The molecule has 62 valence electrons. The smallest absolute Gasteiger partial charge is 0.428 e. The van der Waals surface area contributed by atoms with Crippen LogP contribution in [0.1, 0.15) is 6.92 Å². The Hall–Kier alpha value is -1.52. The first-order chi connectivity index (χ1) is 5.16. The lowest BCUT2D eigenvalue weighted by molar-refractivity contribution is -0.240. The van der Waals surface area contributed by atoms with Gasteiger partial charge in [0, 0.05) is 6.92 Å². The lowest BCUT2D eigenvalue weighted by atomic mass is 10.7. The van der Waals surface area contributed by atoms with E-state index in [4.69, 9.17) is 0 Å². The van der Waals surface area contributed by atoms with Crippen molar-refractivity contribution in [3.05, 3.63) is 12.7 Å². The summed E-state index contributed by atoms with van der Waals surface area (Å²) in [6.45, 7) is 4.40. The van der Waals surface area contributed by atoms with Crippen LogP contribution in [0.4, 0.5) is 4.79 Å². The third kappa shape index (κ3) is 6.36. The molecule has 0 saturated carbocycles. The number of hydrogen-bond acceptors (Lipinski definition) is 5. The second-order valence-corrected chi connectivity index (χ2v) is 1.51. The Balaban J connectivity index is 3.37. The summed E-state index contributed by atoms with van der Waals surface area (Å²) in [7, 11) is 0. The van der Waals surface area contributed by atoms with Gasteiger partial charge in [-0.3, -0.25) is 0 Å². The van der Waals surface area contributed by atoms with E-state index in [-0.39, 0.29) is 6.61 Å². The van der Waals surface area contributed by atoms with Gasteiger partial charge in [-0.1, -0.05) is 12.7 Å². The van der Waals surface area contributed by atoms with Crippen molar-refractivity contribution < 1.29 is 24.1 Å². The lowest BCUT2D eigenvalue weighted by Gasteiger charge is -1.99. The summed E-state index contributed by atoms with van der Waals surface area (Å²) >= 11 is 0. The Bertz CT molecular complexity index is 162. The van der Waals surface area contributed by atoms with Crippen molar-refractivity contribution in [2.24, 2.45) is 0 Å². The largest absolute Gasteiger partial charge is 0.550 e. The zero-order valence-electron chi connectivity index (χ0n) is 6.03. The highest BCUT2D eigenvalue weighted by atomic mass is 17.2. The van der Waals surface area contributed by atoms with E-state index < -0.39 is 12.1 Å². The summed E-state index contributed by atoms with van der Waals surface area (Å²) in [4.78, 5) is 28.1. The summed E-state index contributed by atoms with van der Waals surface area (Å²) in [6.07, 6.45) is 0.287. The summed E-state index contributed by atoms with van der Waals surface area (Å²) in [5.74, 6) is -0.722. The molecule has 5 heteroatoms. The molecule has 0 aromatic rings. The van der Waals surface area contributed by atoms with Crippen LogP contribution in [0.3, 0.4) is 0 Å². The van der Waals surface area contributed by atoms with Gasteiger partial charge in [-0.2, -0.15) is 4.79 Å². The summed E-state index contributed by atoms with van der Waals surface area (Å²) < 4.78 is 4.29. The molecule has 0 aliphatic rings. The molecular weight excluding hydrogens is 152 g/mol. The molecule has 0 spiro atoms. The average Bonchev–Trinajstić information content (AvgIpc) is 1.97. The van der Waals surface area contributed by atoms with E-state index >= 15 is 0 Å². The van der Waals surface area contributed by atoms with Crippen LogP contribution in [0.25, 0.3) is 0 Å². The van der Waals surface area contributed by atoms with Gasteiger partial charge in [0.2, 0.25) is 0 Å². The topological polar surface area (TPSA) is 61.8 Å². The van der Waals surface area contributed by atoms with Gasteiger partial charge in [0.25, 0.3) is 0 Å². The first-order valence-corrected chi connectivity index (χ1v) is 2.79. The fourth-order valence-electron chi connectivity index (χ4n) is 0.244. The normalized spacial score (nSPS) is 8.09. The van der Waals surface area contributed by atoms with Crippen LogP contribution in [0, 0.1) is 0 Å². The molecule has 0 aliphatic heterocycles. The number of hydrogen-bond donors (Lipinski definition) is 0. The van der Waals surface area contributed by atoms with E-state index in [9.17, 15) is 9.59 Å². The highest BCUT2D eigenvalue weighted by Crippen LogP contribution is 1.87. The molecule has 0 heterocycles. The van der Waals surface area contributed by atoms with Crippen LogP contribution in [-0.4, -0.2) is 18.7 Å². The Kier molecular flexibility index (Phi) is 4.55. The standard InChI is InChI=1S/C6H8O5/c1-3-4-9-6(8)11-10-5(2)7/h3H,1,4H2,2H3. The second kappa shape index (κ2) is 5.28. The molecule has 5 nitrogen and oxygen atoms in total. The minimum Gasteiger partial charge on any atom is -0.428 e. The molecule has 0 N–H and O–H groups in total. The number of ether oxygens (including phenoxy) is 1. The first kappa shape index (κ1) is 9.48. The van der Waals surface area contributed by atoms with Crippen molar-refractivity contribution in [1.82, 2.24) is 0 Å². The SMILES string of the molecule is C=CCOC(=O)OOC(C)=O. The summed E-state index contributed by atoms with van der Waals surface area (Å²) in [6, 6.07) is 0. The zero-order chi connectivity index (χ0) is 8.69. The molecule has 0 aromatic carbocycles. The highest BCUT2D eigenvalue weighted by Gasteiger charge is 2.04. The number of carbonyl (C=O) groups is 2. The minimum absolute atomic E-state index is 0.0140. The molecule has 11 heavy (non-hydrogen) atoms. The summed E-state index contributed by atoms with van der Waals surface area (Å²) in [5.41, 5.74) is 0. The minimum atomic E-state index is -1.07. The lowest BCUT2D eigenvalue weighted by Crippen LogP contribution is -2.10. The van der Waals surface area contributed by atoms with Crippen LogP contribution >= 0.6 is 0 Å². The molecule has 0 fully saturated rings. The van der Waals surface area contributed by atoms with Crippen molar-refractivity contribution in [2.45, 2.75) is 6.92 Å². The van der Waals surface area contributed by atoms with Crippen LogP contribution in [0.15, 0.2) is 12.7 Å². The van der Waals surface area contributed by atoms with Crippen LogP contribution < -0.4 is 0 Å². The maximum atomic E-state index is 10.3. The van der Waals surface area contributed by atoms with E-state index in [0.29, 0.717) is 0 Å². The van der Waals surface area contributed by atoms with E-state index in [0.717, 1.165) is 6.92 Å². The van der Waals surface area contributed by atoms with E-state index in [1.807, 2.05) is 0 Å². The highest BCUT2D eigenvalue weighted by molar-refractivity contribution is 5.67. The van der Waals surface area contributed by atoms with Crippen molar-refractivity contribution in [3.8, 4) is 0 Å². The van der Waals surface area contributed by atoms with Gasteiger partial charge in [-0.05, 0) is 0 Å². The van der Waals surface area contributed by atoms with Gasteiger partial charge < -0.3 is 4.74 Å². The molecule has 0 saturated heterocycles. The molecule has 0 amide bonds. The van der Waals surface area contributed by atoms with Crippen molar-refractivity contribution in [1.29, 1.82) is 0 Å². The molecular formula is C6H8O5. The average molecular weight is 160 g/mol. The van der Waals surface area contributed by atoms with Gasteiger partial charge in [-0.25, -0.2) is 14.6 Å². The van der Waals surface area contributed by atoms with Gasteiger partial charge in [0.15, 0.2) is 0 Å². The van der Waals surface area contributed by atoms with Crippen molar-refractivity contribution >= 4 is 12.1 Å². The fraction of sp³-hybridized carbons (Fsp3) is 0.333. The van der Waals surface area contributed by atoms with Crippen LogP contribution in [-0.2, 0) is 19.3 Å². The molecule has 0 rings (SSSR count). The quantitative estimate of drug-likeness (QED) is 0.259. The van der Waals surface area contributed by atoms with E-state index in [1.165, 1.54) is 6.08 Å². The monoisotopic (exact) mass is 160 g/mol. The van der Waals surface area contributed by atoms with Gasteiger partial charge in [0.1, 0.15) is 6.61 Å². The Morgan fingerprint density at radius 3 is 2.55 bits per heavy atom. The number of carbonyl (C=O) groups excluding carboxylic acids is 2. The molecule has 0 aliphatic carbocycles. The number of rotatable bonds is 2. The molecule has 0 radical (unpaired) electrons. The second-order valence-electron chi connectivity index (χ2n) is 1.51. The Morgan fingerprint density at radius 1 is 1.45 bits per heavy atom. The molecule has 0 aromatic heterocycles. The summed E-state index contributed by atoms with van der Waals surface area (Å²) in [5, 5.41) is 0. The Morgan fingerprint density at radius 2 is 2.09 bits per heavy atom. The van der Waals surface area contributed by atoms with Crippen molar-refractivity contribution in [3.63, 3.8) is 0 Å². The predicted molar refractivity (Wildman–Crippen MR) is 34.4 cm³/mol. The van der Waals surface area contributed by atoms with Gasteiger partial charge in [0.05, 0.1) is 0 Å². The molecule has 0 unspecified atom stereocenters. The van der Waals surface area contributed by atoms with E-state index in [2.05, 4.69) is 21.1 Å². The first-order valence-electron chi connectivity index (χ1n) is 2.79. The van der Waals surface area contributed by atoms with Crippen LogP contribution in [0.2, 0.25) is 0 Å². The van der Waals surface area contributed by atoms with Crippen LogP contribution in [0.5, 0.6) is 0 Å². The van der Waals surface area contributed by atoms with E-state index in [1.54, 1.807) is 0 Å². The maximum absolute atomic E-state index is 10.3. The van der Waals surface area contributed by atoms with Gasteiger partial charge >= 0.3 is 12.1 Å². The third-order valence-corrected chi connectivity index (χ3v) is 0.546. The van der Waals surface area contributed by atoms with Gasteiger partial charge in [-0.15, -0.1) is 0 Å². The zero-order valence-corrected chi connectivity index (χ0v) is 6.03. The molecule has 0 bridgehead atoms. The fourth-order valence-corrected chi connectivity index (χ4v) is 0.244. The maximum Gasteiger partial charge on any atom is 0.550 e. The molecule has 0 atom stereocenters. The Labute approximate surface area is 63.5 Å².